The number of nitrogens with zero attached hydrogens (tertiary/aromatic N) is 1. The monoisotopic (exact) mass is 417 g/mol. The lowest BCUT2D eigenvalue weighted by molar-refractivity contribution is -0.119. The number of hydrogen-bond donors (Lipinski definition) is 2. The van der Waals surface area contributed by atoms with Crippen molar-refractivity contribution in [1.82, 2.24) is 5.43 Å². The first kappa shape index (κ1) is 19.7. The summed E-state index contributed by atoms with van der Waals surface area (Å²) < 4.78 is 5.12. The zero-order chi connectivity index (χ0) is 20.9. The highest BCUT2D eigenvalue weighted by Crippen LogP contribution is 2.35. The van der Waals surface area contributed by atoms with Crippen LogP contribution in [0.25, 0.3) is 21.5 Å². The second-order valence-corrected chi connectivity index (χ2v) is 7.07. The number of halogens is 1. The smallest absolute Gasteiger partial charge is 0.259 e. The van der Waals surface area contributed by atoms with Gasteiger partial charge in [0.1, 0.15) is 5.75 Å². The van der Waals surface area contributed by atoms with Crippen molar-refractivity contribution in [3.63, 3.8) is 0 Å². The molecule has 0 aliphatic rings. The Bertz CT molecular complexity index is 1180. The summed E-state index contributed by atoms with van der Waals surface area (Å²) in [5.74, 6) is 0.515. The van der Waals surface area contributed by atoms with Crippen LogP contribution < -0.4 is 15.5 Å². The molecule has 1 amide bonds. The molecule has 150 valence electrons. The van der Waals surface area contributed by atoms with Crippen LogP contribution in [0.3, 0.4) is 0 Å². The van der Waals surface area contributed by atoms with Crippen molar-refractivity contribution in [2.75, 3.05) is 19.0 Å². The van der Waals surface area contributed by atoms with Gasteiger partial charge in [-0.15, -0.1) is 0 Å². The Labute approximate surface area is 179 Å². The molecular weight excluding hydrogens is 398 g/mol. The van der Waals surface area contributed by atoms with E-state index in [1.54, 1.807) is 13.3 Å². The van der Waals surface area contributed by atoms with Crippen LogP contribution >= 0.6 is 11.6 Å². The van der Waals surface area contributed by atoms with Crippen molar-refractivity contribution in [1.29, 1.82) is 0 Å². The fourth-order valence-corrected chi connectivity index (χ4v) is 3.68. The minimum atomic E-state index is -0.246. The van der Waals surface area contributed by atoms with Crippen molar-refractivity contribution in [3.8, 4) is 5.75 Å². The molecule has 0 saturated carbocycles. The SMILES string of the molecule is COc1ccc(NCC(=O)N/N=C\c2c3ccccc3c(Cl)c3ccccc23)cc1. The van der Waals surface area contributed by atoms with Crippen LogP contribution in [0.4, 0.5) is 5.69 Å². The Hall–Kier alpha value is -3.57. The summed E-state index contributed by atoms with van der Waals surface area (Å²) in [6, 6.07) is 23.2. The van der Waals surface area contributed by atoms with Gasteiger partial charge >= 0.3 is 0 Å². The van der Waals surface area contributed by atoms with Crippen LogP contribution in [0.5, 0.6) is 5.75 Å². The maximum absolute atomic E-state index is 12.2. The van der Waals surface area contributed by atoms with E-state index < -0.39 is 0 Å². The molecule has 0 radical (unpaired) electrons. The fourth-order valence-electron chi connectivity index (χ4n) is 3.35. The van der Waals surface area contributed by atoms with Crippen LogP contribution in [-0.2, 0) is 4.79 Å². The van der Waals surface area contributed by atoms with Crippen molar-refractivity contribution in [2.45, 2.75) is 0 Å². The first-order chi connectivity index (χ1) is 14.7. The van der Waals surface area contributed by atoms with E-state index in [-0.39, 0.29) is 12.5 Å². The first-order valence-corrected chi connectivity index (χ1v) is 9.84. The number of anilines is 1. The van der Waals surface area contributed by atoms with E-state index in [4.69, 9.17) is 16.3 Å². The van der Waals surface area contributed by atoms with Gasteiger partial charge in [-0.3, -0.25) is 4.79 Å². The van der Waals surface area contributed by atoms with Gasteiger partial charge in [0.15, 0.2) is 0 Å². The van der Waals surface area contributed by atoms with Crippen LogP contribution in [0.2, 0.25) is 5.02 Å². The average molecular weight is 418 g/mol. The minimum absolute atomic E-state index is 0.103. The number of benzene rings is 4. The molecule has 4 aromatic carbocycles. The van der Waals surface area contributed by atoms with Gasteiger partial charge in [0.2, 0.25) is 0 Å². The highest BCUT2D eigenvalue weighted by atomic mass is 35.5. The van der Waals surface area contributed by atoms with E-state index in [1.807, 2.05) is 72.8 Å². The largest absolute Gasteiger partial charge is 0.497 e. The number of hydrazone groups is 1. The van der Waals surface area contributed by atoms with Gasteiger partial charge < -0.3 is 10.1 Å². The van der Waals surface area contributed by atoms with Crippen LogP contribution in [0.1, 0.15) is 5.56 Å². The lowest BCUT2D eigenvalue weighted by Gasteiger charge is -2.10. The Morgan fingerprint density at radius 2 is 1.50 bits per heavy atom. The van der Waals surface area contributed by atoms with Crippen LogP contribution in [-0.4, -0.2) is 25.8 Å². The van der Waals surface area contributed by atoms with Gasteiger partial charge in [-0.25, -0.2) is 5.43 Å². The molecule has 0 bridgehead atoms. The molecule has 0 saturated heterocycles. The van der Waals surface area contributed by atoms with Gasteiger partial charge in [0.05, 0.1) is 24.9 Å². The number of rotatable bonds is 6. The molecule has 4 aromatic rings. The molecule has 4 rings (SSSR count). The summed E-state index contributed by atoms with van der Waals surface area (Å²) in [7, 11) is 1.61. The van der Waals surface area contributed by atoms with Gasteiger partial charge in [0, 0.05) is 22.0 Å². The molecule has 0 atom stereocenters. The highest BCUT2D eigenvalue weighted by molar-refractivity contribution is 6.42. The van der Waals surface area contributed by atoms with Crippen LogP contribution in [0, 0.1) is 0 Å². The second kappa shape index (κ2) is 8.84. The number of methoxy groups -OCH3 is 1. The van der Waals surface area contributed by atoms with Gasteiger partial charge in [-0.05, 0) is 35.0 Å². The van der Waals surface area contributed by atoms with E-state index >= 15 is 0 Å². The molecular formula is C24H20ClN3O2. The van der Waals surface area contributed by atoms with E-state index in [0.29, 0.717) is 5.02 Å². The molecule has 0 heterocycles. The van der Waals surface area contributed by atoms with Crippen LogP contribution in [0.15, 0.2) is 77.9 Å². The van der Waals surface area contributed by atoms with Gasteiger partial charge in [0.25, 0.3) is 5.91 Å². The second-order valence-electron chi connectivity index (χ2n) is 6.69. The third kappa shape index (κ3) is 4.07. The highest BCUT2D eigenvalue weighted by Gasteiger charge is 2.11. The molecule has 30 heavy (non-hydrogen) atoms. The molecule has 6 heteroatoms. The fraction of sp³-hybridized carbons (Fsp3) is 0.0833. The molecule has 2 N–H and O–H groups in total. The predicted molar refractivity (Wildman–Crippen MR) is 124 cm³/mol. The Morgan fingerprint density at radius 1 is 0.933 bits per heavy atom. The third-order valence-electron chi connectivity index (χ3n) is 4.83. The molecule has 0 aliphatic heterocycles. The minimum Gasteiger partial charge on any atom is -0.497 e. The quantitative estimate of drug-likeness (QED) is 0.257. The number of amides is 1. The van der Waals surface area contributed by atoms with E-state index in [1.165, 1.54) is 0 Å². The van der Waals surface area contributed by atoms with Crippen molar-refractivity contribution < 1.29 is 9.53 Å². The third-order valence-corrected chi connectivity index (χ3v) is 5.24. The Morgan fingerprint density at radius 3 is 2.07 bits per heavy atom. The van der Waals surface area contributed by atoms with Gasteiger partial charge in [-0.1, -0.05) is 60.1 Å². The topological polar surface area (TPSA) is 62.7 Å². The summed E-state index contributed by atoms with van der Waals surface area (Å²) in [5, 5.41) is 11.8. The van der Waals surface area contributed by atoms with E-state index in [9.17, 15) is 4.79 Å². The summed E-state index contributed by atoms with van der Waals surface area (Å²) in [4.78, 5) is 12.2. The summed E-state index contributed by atoms with van der Waals surface area (Å²) in [6.07, 6.45) is 1.67. The molecule has 0 spiro atoms. The van der Waals surface area contributed by atoms with Crippen molar-refractivity contribution in [2.24, 2.45) is 5.10 Å². The first-order valence-electron chi connectivity index (χ1n) is 9.46. The molecule has 0 fully saturated rings. The zero-order valence-electron chi connectivity index (χ0n) is 16.4. The zero-order valence-corrected chi connectivity index (χ0v) is 17.1. The maximum atomic E-state index is 12.2. The normalized spacial score (nSPS) is 11.1. The molecule has 0 aliphatic carbocycles. The number of nitrogens with one attached hydrogen (secondary N) is 2. The molecule has 5 nitrogen and oxygen atoms in total. The summed E-state index contributed by atoms with van der Waals surface area (Å²) >= 11 is 6.62. The van der Waals surface area contributed by atoms with Gasteiger partial charge in [-0.2, -0.15) is 5.10 Å². The van der Waals surface area contributed by atoms with Crippen molar-refractivity contribution >= 4 is 51.0 Å². The predicted octanol–water partition coefficient (Wildman–Crippen LogP) is 5.22. The molecule has 0 unspecified atom stereocenters. The summed E-state index contributed by atoms with van der Waals surface area (Å²) in [6.45, 7) is 0.103. The number of ether oxygens (including phenoxy) is 1. The Balaban J connectivity index is 1.52. The Kier molecular flexibility index (Phi) is 5.82. The lowest BCUT2D eigenvalue weighted by Crippen LogP contribution is -2.25. The summed E-state index contributed by atoms with van der Waals surface area (Å²) in [5.41, 5.74) is 4.31. The van der Waals surface area contributed by atoms with E-state index in [2.05, 4.69) is 15.8 Å². The average Bonchev–Trinajstić information content (AvgIpc) is 2.80. The van der Waals surface area contributed by atoms with Crippen molar-refractivity contribution in [3.05, 3.63) is 83.4 Å². The van der Waals surface area contributed by atoms with E-state index in [0.717, 1.165) is 38.5 Å². The number of carbonyl (C=O) groups excluding carboxylic acids is 1. The maximum Gasteiger partial charge on any atom is 0.259 e. The standard InChI is InChI=1S/C24H20ClN3O2/c1-30-17-12-10-16(11-13-17)26-15-23(29)28-27-14-22-18-6-2-4-8-20(18)24(25)21-9-5-3-7-19(21)22/h2-14,26H,15H2,1H3,(H,28,29)/b27-14-. The lowest BCUT2D eigenvalue weighted by atomic mass is 9.97. The number of hydrogen-bond acceptors (Lipinski definition) is 4. The number of fused-ring (bicyclic) bond motifs is 2. The number of carbonyl (C=O) groups is 1. The molecule has 0 aromatic heterocycles.